The Kier molecular flexibility index (Phi) is 13.8. The minimum Gasteiger partial charge on any atom is -0.438 e. The van der Waals surface area contributed by atoms with Gasteiger partial charge in [0.1, 0.15) is 41.9 Å². The molecule has 0 aromatic carbocycles. The van der Waals surface area contributed by atoms with E-state index in [0.29, 0.717) is 16.7 Å². The Labute approximate surface area is 337 Å². The Balaban J connectivity index is 1.17. The van der Waals surface area contributed by atoms with Gasteiger partial charge in [-0.15, -0.1) is 0 Å². The second kappa shape index (κ2) is 18.1. The number of fused-ring (bicyclic) bond motifs is 2. The molecular formula is C38H53ClN4O13P. The first-order chi connectivity index (χ1) is 27.0. The van der Waals surface area contributed by atoms with E-state index in [1.807, 2.05) is 16.8 Å². The first kappa shape index (κ1) is 43.6. The summed E-state index contributed by atoms with van der Waals surface area (Å²) >= 11 is 6.60. The standard InChI is InChI=1S/C38H53ClN4O13P/c1-36(2)19-47-15-9-10-16-48-20-37(3,4)35(45)51-22-53-57(46,52-21-50-34(36)44)23-49-18-27-29-30(56-38(5,6)55-29)33(54-27)43-14-13-25-28(41-24-11-7-8-12-24)26(17-40)31(39)42-32(25)43/h9-10,13-14,24,27,29-30,33,46H,7-8,11-12,15-16,18-23H2,1-6H3,(H,41,42)/t27-,29-,30-,33-/m1/s1. The summed E-state index contributed by atoms with van der Waals surface area (Å²) < 4.78 is 60.1. The van der Waals surface area contributed by atoms with E-state index in [1.54, 1.807) is 53.7 Å². The van der Waals surface area contributed by atoms with Gasteiger partial charge in [0, 0.05) is 17.6 Å². The lowest BCUT2D eigenvalue weighted by molar-refractivity contribution is -0.201. The number of carbonyl (C=O) groups excluding carboxylic acids is 2. The number of nitrogens with one attached hydrogen (secondary N) is 1. The molecule has 1 saturated carbocycles. The van der Waals surface area contributed by atoms with Crippen molar-refractivity contribution < 1.29 is 61.4 Å². The first-order valence-electron chi connectivity index (χ1n) is 19.0. The number of nitrogens with zero attached hydrogens (tertiary/aromatic N) is 3. The molecule has 19 heteroatoms. The minimum atomic E-state index is -4.00. The smallest absolute Gasteiger partial charge is 0.315 e. The second-order valence-corrected chi connectivity index (χ2v) is 18.7. The molecule has 0 unspecified atom stereocenters. The molecule has 4 aliphatic rings. The first-order valence-corrected chi connectivity index (χ1v) is 21.2. The number of anilines is 1. The summed E-state index contributed by atoms with van der Waals surface area (Å²) in [6, 6.07) is 4.29. The van der Waals surface area contributed by atoms with Crippen LogP contribution in [0, 0.1) is 22.2 Å². The van der Waals surface area contributed by atoms with E-state index in [1.165, 1.54) is 0 Å². The summed E-state index contributed by atoms with van der Waals surface area (Å²) in [5.74, 6) is -2.24. The van der Waals surface area contributed by atoms with E-state index < -0.39 is 81.0 Å². The van der Waals surface area contributed by atoms with Crippen molar-refractivity contribution in [2.45, 2.75) is 104 Å². The van der Waals surface area contributed by atoms with Crippen LogP contribution in [0.2, 0.25) is 5.15 Å². The predicted molar refractivity (Wildman–Crippen MR) is 205 cm³/mol. The van der Waals surface area contributed by atoms with Gasteiger partial charge in [0.25, 0.3) is 7.94 Å². The number of carbonyl (C=O) groups is 2. The van der Waals surface area contributed by atoms with E-state index >= 15 is 0 Å². The second-order valence-electron chi connectivity index (χ2n) is 16.2. The maximum atomic E-state index is 12.9. The van der Waals surface area contributed by atoms with Crippen LogP contribution in [0.3, 0.4) is 0 Å². The molecule has 1 radical (unpaired) electrons. The molecule has 5 heterocycles. The molecule has 0 bridgehead atoms. The van der Waals surface area contributed by atoms with E-state index in [0.717, 1.165) is 25.7 Å². The third kappa shape index (κ3) is 10.4. The number of cyclic esters (lactones) is 2. The van der Waals surface area contributed by atoms with Gasteiger partial charge in [-0.2, -0.15) is 5.26 Å². The fraction of sp³-hybridized carbons (Fsp3) is 0.684. The summed E-state index contributed by atoms with van der Waals surface area (Å²) in [6.07, 6.45) is 6.33. The van der Waals surface area contributed by atoms with E-state index in [4.69, 9.17) is 58.5 Å². The maximum Gasteiger partial charge on any atom is 0.315 e. The van der Waals surface area contributed by atoms with Crippen molar-refractivity contribution in [2.24, 2.45) is 10.8 Å². The van der Waals surface area contributed by atoms with Crippen LogP contribution < -0.4 is 5.32 Å². The Bertz CT molecular complexity index is 1780. The summed E-state index contributed by atoms with van der Waals surface area (Å²) in [5.41, 5.74) is -0.664. The molecule has 1 aliphatic carbocycles. The van der Waals surface area contributed by atoms with Gasteiger partial charge in [0.15, 0.2) is 30.8 Å². The molecule has 0 spiro atoms. The number of nitriles is 1. The van der Waals surface area contributed by atoms with Gasteiger partial charge in [-0.1, -0.05) is 36.6 Å². The Hall–Kier alpha value is -2.98. The highest BCUT2D eigenvalue weighted by atomic mass is 35.5. The molecule has 2 N–H and O–H groups in total. The molecule has 2 aromatic heterocycles. The highest BCUT2D eigenvalue weighted by molar-refractivity contribution is 7.60. The van der Waals surface area contributed by atoms with Gasteiger partial charge in [0.2, 0.25) is 0 Å². The molecular weight excluding hydrogens is 787 g/mol. The summed E-state index contributed by atoms with van der Waals surface area (Å²) in [4.78, 5) is 42.0. The van der Waals surface area contributed by atoms with Gasteiger partial charge in [-0.3, -0.25) is 18.6 Å². The lowest BCUT2D eigenvalue weighted by atomic mass is 9.95. The third-order valence-corrected chi connectivity index (χ3v) is 11.9. The minimum absolute atomic E-state index is 0.0554. The number of hydrogen-bond acceptors (Lipinski definition) is 16. The lowest BCUT2D eigenvalue weighted by Gasteiger charge is -2.30. The maximum absolute atomic E-state index is 12.9. The normalized spacial score (nSPS) is 28.5. The Morgan fingerprint density at radius 1 is 0.982 bits per heavy atom. The highest BCUT2D eigenvalue weighted by Gasteiger charge is 2.56. The number of aromatic nitrogens is 2. The molecule has 2 aromatic rings. The van der Waals surface area contributed by atoms with Crippen molar-refractivity contribution >= 4 is 48.2 Å². The lowest BCUT2D eigenvalue weighted by Crippen LogP contribution is -2.34. The molecule has 17 nitrogen and oxygen atoms in total. The van der Waals surface area contributed by atoms with Gasteiger partial charge in [0.05, 0.1) is 49.6 Å². The van der Waals surface area contributed by atoms with E-state index in [-0.39, 0.29) is 49.8 Å². The number of ether oxygens (including phenoxy) is 8. The number of hydrogen-bond donors (Lipinski definition) is 2. The summed E-state index contributed by atoms with van der Waals surface area (Å²) in [7, 11) is -4.00. The molecule has 57 heavy (non-hydrogen) atoms. The van der Waals surface area contributed by atoms with Crippen molar-refractivity contribution in [3.8, 4) is 6.07 Å². The van der Waals surface area contributed by atoms with Gasteiger partial charge in [-0.05, 0) is 60.5 Å². The van der Waals surface area contributed by atoms with Crippen molar-refractivity contribution in [1.82, 2.24) is 9.55 Å². The van der Waals surface area contributed by atoms with Crippen LogP contribution >= 0.6 is 19.5 Å². The summed E-state index contributed by atoms with van der Waals surface area (Å²) in [6.45, 7) is 9.32. The number of halogens is 1. The molecule has 4 atom stereocenters. The van der Waals surface area contributed by atoms with Gasteiger partial charge < -0.3 is 52.7 Å². The fourth-order valence-electron chi connectivity index (χ4n) is 7.02. The predicted octanol–water partition coefficient (Wildman–Crippen LogP) is 5.75. The monoisotopic (exact) mass is 839 g/mol. The topological polar surface area (TPSA) is 200 Å². The SMILES string of the molecule is CC1(C)O[C@@H]2[C@H](O1)[C@@H](COC[P]1(O)OCOC(=O)C(C)(C)COCC=CCOCC(C)(C)C(=O)OCO1)O[C@H]2n1ccc2c(NC3CCCC3)c(C#N)c(Cl)nc21. The van der Waals surface area contributed by atoms with Crippen LogP contribution in [0.5, 0.6) is 0 Å². The van der Waals surface area contributed by atoms with Gasteiger partial charge in [-0.25, -0.2) is 4.98 Å². The Morgan fingerprint density at radius 2 is 1.58 bits per heavy atom. The van der Waals surface area contributed by atoms with Crippen LogP contribution in [-0.2, 0) is 56.5 Å². The number of rotatable bonds is 7. The van der Waals surface area contributed by atoms with Gasteiger partial charge >= 0.3 is 11.9 Å². The highest BCUT2D eigenvalue weighted by Crippen LogP contribution is 2.57. The summed E-state index contributed by atoms with van der Waals surface area (Å²) in [5, 5.41) is 14.3. The quantitative estimate of drug-likeness (QED) is 0.148. The fourth-order valence-corrected chi connectivity index (χ4v) is 8.23. The number of pyridine rings is 1. The number of esters is 2. The molecule has 315 valence electrons. The van der Waals surface area contributed by atoms with Crippen molar-refractivity contribution in [2.75, 3.05) is 58.3 Å². The molecule has 6 rings (SSSR count). The van der Waals surface area contributed by atoms with Crippen LogP contribution in [0.15, 0.2) is 24.4 Å². The zero-order valence-corrected chi connectivity index (χ0v) is 34.8. The zero-order valence-electron chi connectivity index (χ0n) is 33.2. The molecule has 2 saturated heterocycles. The molecule has 0 amide bonds. The average Bonchev–Trinajstić information content (AvgIpc) is 3.94. The third-order valence-electron chi connectivity index (χ3n) is 10.1. The van der Waals surface area contributed by atoms with Crippen molar-refractivity contribution in [3.63, 3.8) is 0 Å². The Morgan fingerprint density at radius 3 is 2.18 bits per heavy atom. The van der Waals surface area contributed by atoms with Crippen LogP contribution in [0.25, 0.3) is 11.0 Å². The van der Waals surface area contributed by atoms with E-state index in [2.05, 4.69) is 16.4 Å². The van der Waals surface area contributed by atoms with Crippen molar-refractivity contribution in [3.05, 3.63) is 35.1 Å². The molecule has 3 aliphatic heterocycles. The van der Waals surface area contributed by atoms with Crippen LogP contribution in [0.4, 0.5) is 5.69 Å². The average molecular weight is 840 g/mol. The van der Waals surface area contributed by atoms with Crippen LogP contribution in [-0.4, -0.2) is 109 Å². The largest absolute Gasteiger partial charge is 0.438 e. The van der Waals surface area contributed by atoms with Crippen LogP contribution in [0.1, 0.15) is 79.0 Å². The van der Waals surface area contributed by atoms with Crippen molar-refractivity contribution in [1.29, 1.82) is 5.26 Å². The molecule has 3 fully saturated rings. The zero-order chi connectivity index (χ0) is 41.0. The van der Waals surface area contributed by atoms with E-state index in [9.17, 15) is 19.7 Å².